The van der Waals surface area contributed by atoms with Gasteiger partial charge in [-0.15, -0.1) is 0 Å². The van der Waals surface area contributed by atoms with Gasteiger partial charge in [-0.1, -0.05) is 31.2 Å². The number of hydrogen-bond acceptors (Lipinski definition) is 2. The Hall–Kier alpha value is -2.36. The van der Waals surface area contributed by atoms with Crippen LogP contribution in [-0.4, -0.2) is 16.1 Å². The van der Waals surface area contributed by atoms with E-state index < -0.39 is 0 Å². The van der Waals surface area contributed by atoms with Crippen LogP contribution in [0, 0.1) is 0 Å². The molecule has 4 heteroatoms. The molecular formula is C15H17N3O. The van der Waals surface area contributed by atoms with Crippen molar-refractivity contribution < 1.29 is 4.79 Å². The van der Waals surface area contributed by atoms with Gasteiger partial charge in [-0.3, -0.25) is 9.89 Å². The van der Waals surface area contributed by atoms with Crippen LogP contribution in [0.1, 0.15) is 23.6 Å². The summed E-state index contributed by atoms with van der Waals surface area (Å²) in [4.78, 5) is 11.6. The molecule has 0 unspecified atom stereocenters. The third kappa shape index (κ3) is 4.10. The highest BCUT2D eigenvalue weighted by Crippen LogP contribution is 2.06. The van der Waals surface area contributed by atoms with Gasteiger partial charge in [0.15, 0.2) is 0 Å². The van der Waals surface area contributed by atoms with Gasteiger partial charge < -0.3 is 5.32 Å². The van der Waals surface area contributed by atoms with Gasteiger partial charge in [0.25, 0.3) is 0 Å². The molecule has 0 spiro atoms. The summed E-state index contributed by atoms with van der Waals surface area (Å²) < 4.78 is 0. The summed E-state index contributed by atoms with van der Waals surface area (Å²) in [6.45, 7) is 2.60. The van der Waals surface area contributed by atoms with E-state index in [0.29, 0.717) is 6.54 Å². The Morgan fingerprint density at radius 2 is 2.11 bits per heavy atom. The monoisotopic (exact) mass is 255 g/mol. The minimum Gasteiger partial charge on any atom is -0.348 e. The van der Waals surface area contributed by atoms with E-state index in [1.54, 1.807) is 18.5 Å². The van der Waals surface area contributed by atoms with Crippen molar-refractivity contribution in [1.82, 2.24) is 15.5 Å². The Bertz CT molecular complexity index is 541. The van der Waals surface area contributed by atoms with E-state index in [1.165, 1.54) is 5.56 Å². The van der Waals surface area contributed by atoms with Crippen molar-refractivity contribution in [3.05, 3.63) is 59.4 Å². The van der Waals surface area contributed by atoms with Crippen LogP contribution >= 0.6 is 0 Å². The van der Waals surface area contributed by atoms with Gasteiger partial charge in [-0.2, -0.15) is 5.10 Å². The number of aromatic nitrogens is 2. The number of aromatic amines is 1. The summed E-state index contributed by atoms with van der Waals surface area (Å²) in [5.41, 5.74) is 3.27. The fourth-order valence-electron chi connectivity index (χ4n) is 1.66. The molecule has 2 aromatic rings. The molecule has 0 atom stereocenters. The largest absolute Gasteiger partial charge is 0.348 e. The zero-order chi connectivity index (χ0) is 13.5. The molecule has 1 heterocycles. The molecular weight excluding hydrogens is 238 g/mol. The highest BCUT2D eigenvalue weighted by atomic mass is 16.1. The maximum Gasteiger partial charge on any atom is 0.244 e. The van der Waals surface area contributed by atoms with Crippen LogP contribution in [0.3, 0.4) is 0 Å². The highest BCUT2D eigenvalue weighted by molar-refractivity contribution is 5.91. The van der Waals surface area contributed by atoms with E-state index in [1.807, 2.05) is 18.2 Å². The smallest absolute Gasteiger partial charge is 0.244 e. The van der Waals surface area contributed by atoms with Crippen LogP contribution in [0.5, 0.6) is 0 Å². The maximum absolute atomic E-state index is 11.6. The fourth-order valence-corrected chi connectivity index (χ4v) is 1.66. The van der Waals surface area contributed by atoms with Crippen LogP contribution in [-0.2, 0) is 17.8 Å². The van der Waals surface area contributed by atoms with Crippen molar-refractivity contribution in [2.75, 3.05) is 0 Å². The Morgan fingerprint density at radius 3 is 2.74 bits per heavy atom. The molecule has 0 saturated carbocycles. The van der Waals surface area contributed by atoms with Gasteiger partial charge in [-0.25, -0.2) is 0 Å². The molecule has 0 fully saturated rings. The average molecular weight is 255 g/mol. The summed E-state index contributed by atoms with van der Waals surface area (Å²) in [6.07, 6.45) is 7.82. The first kappa shape index (κ1) is 13.1. The molecule has 1 amide bonds. The number of nitrogens with zero attached hydrogens (tertiary/aromatic N) is 1. The number of amides is 1. The minimum absolute atomic E-state index is 0.110. The topological polar surface area (TPSA) is 57.8 Å². The van der Waals surface area contributed by atoms with E-state index >= 15 is 0 Å². The molecule has 1 aromatic carbocycles. The van der Waals surface area contributed by atoms with Crippen molar-refractivity contribution in [2.45, 2.75) is 19.9 Å². The quantitative estimate of drug-likeness (QED) is 0.805. The molecule has 98 valence electrons. The first-order valence-electron chi connectivity index (χ1n) is 6.30. The minimum atomic E-state index is -0.110. The molecule has 2 rings (SSSR count). The summed E-state index contributed by atoms with van der Waals surface area (Å²) in [7, 11) is 0. The lowest BCUT2D eigenvalue weighted by atomic mass is 10.1. The van der Waals surface area contributed by atoms with Crippen LogP contribution in [0.15, 0.2) is 42.7 Å². The molecule has 1 aromatic heterocycles. The van der Waals surface area contributed by atoms with E-state index in [-0.39, 0.29) is 5.91 Å². The third-order valence-corrected chi connectivity index (χ3v) is 2.84. The van der Waals surface area contributed by atoms with Crippen molar-refractivity contribution in [3.8, 4) is 0 Å². The van der Waals surface area contributed by atoms with Crippen LogP contribution in [0.25, 0.3) is 6.08 Å². The number of carbonyl (C=O) groups excluding carboxylic acids is 1. The van der Waals surface area contributed by atoms with Crippen molar-refractivity contribution in [3.63, 3.8) is 0 Å². The van der Waals surface area contributed by atoms with Crippen LogP contribution < -0.4 is 5.32 Å². The number of rotatable bonds is 5. The number of aryl methyl sites for hydroxylation is 1. The summed E-state index contributed by atoms with van der Waals surface area (Å²) in [5, 5.41) is 9.31. The molecule has 4 nitrogen and oxygen atoms in total. The van der Waals surface area contributed by atoms with Crippen molar-refractivity contribution in [1.29, 1.82) is 0 Å². The summed E-state index contributed by atoms with van der Waals surface area (Å²) >= 11 is 0. The Kier molecular flexibility index (Phi) is 4.50. The van der Waals surface area contributed by atoms with E-state index in [4.69, 9.17) is 0 Å². The number of benzene rings is 1. The molecule has 19 heavy (non-hydrogen) atoms. The molecule has 0 aliphatic rings. The van der Waals surface area contributed by atoms with E-state index in [0.717, 1.165) is 17.5 Å². The first-order chi connectivity index (χ1) is 9.28. The third-order valence-electron chi connectivity index (χ3n) is 2.84. The molecule has 2 N–H and O–H groups in total. The SMILES string of the molecule is CCc1ccc(/C=C/C(=O)NCc2cn[nH]c2)cc1. The van der Waals surface area contributed by atoms with E-state index in [2.05, 4.69) is 34.6 Å². The predicted molar refractivity (Wildman–Crippen MR) is 75.3 cm³/mol. The molecule has 0 aliphatic heterocycles. The fraction of sp³-hybridized carbons (Fsp3) is 0.200. The second-order valence-electron chi connectivity index (χ2n) is 4.25. The Labute approximate surface area is 112 Å². The van der Waals surface area contributed by atoms with E-state index in [9.17, 15) is 4.79 Å². The van der Waals surface area contributed by atoms with Gasteiger partial charge >= 0.3 is 0 Å². The molecule has 0 bridgehead atoms. The van der Waals surface area contributed by atoms with Crippen molar-refractivity contribution >= 4 is 12.0 Å². The normalized spacial score (nSPS) is 10.8. The van der Waals surface area contributed by atoms with Gasteiger partial charge in [0.05, 0.1) is 6.20 Å². The van der Waals surface area contributed by atoms with Gasteiger partial charge in [-0.05, 0) is 23.6 Å². The lowest BCUT2D eigenvalue weighted by Crippen LogP contribution is -2.19. The standard InChI is InChI=1S/C15H17N3O/c1-2-12-3-5-13(6-4-12)7-8-15(19)16-9-14-10-17-18-11-14/h3-8,10-11H,2,9H2,1H3,(H,16,19)(H,17,18)/b8-7+. The lowest BCUT2D eigenvalue weighted by Gasteiger charge is -1.99. The molecule has 0 aliphatic carbocycles. The Morgan fingerprint density at radius 1 is 1.32 bits per heavy atom. The second kappa shape index (κ2) is 6.54. The van der Waals surface area contributed by atoms with Gasteiger partial charge in [0.2, 0.25) is 5.91 Å². The zero-order valence-electron chi connectivity index (χ0n) is 10.9. The number of carbonyl (C=O) groups is 1. The van der Waals surface area contributed by atoms with Crippen molar-refractivity contribution in [2.24, 2.45) is 0 Å². The highest BCUT2D eigenvalue weighted by Gasteiger charge is 1.97. The number of nitrogens with one attached hydrogen (secondary N) is 2. The first-order valence-corrected chi connectivity index (χ1v) is 6.30. The number of hydrogen-bond donors (Lipinski definition) is 2. The van der Waals surface area contributed by atoms with Gasteiger partial charge in [0.1, 0.15) is 0 Å². The zero-order valence-corrected chi connectivity index (χ0v) is 10.9. The van der Waals surface area contributed by atoms with Crippen LogP contribution in [0.4, 0.5) is 0 Å². The molecule has 0 radical (unpaired) electrons. The maximum atomic E-state index is 11.6. The Balaban J connectivity index is 1.85. The molecule has 0 saturated heterocycles. The predicted octanol–water partition coefficient (Wildman–Crippen LogP) is 2.30. The summed E-state index contributed by atoms with van der Waals surface area (Å²) in [5.74, 6) is -0.110. The van der Waals surface area contributed by atoms with Crippen LogP contribution in [0.2, 0.25) is 0 Å². The summed E-state index contributed by atoms with van der Waals surface area (Å²) in [6, 6.07) is 8.17. The average Bonchev–Trinajstić information content (AvgIpc) is 2.96. The second-order valence-corrected chi connectivity index (χ2v) is 4.25. The number of H-pyrrole nitrogens is 1. The lowest BCUT2D eigenvalue weighted by molar-refractivity contribution is -0.116. The van der Waals surface area contributed by atoms with Gasteiger partial charge in [0, 0.05) is 24.4 Å².